The van der Waals surface area contributed by atoms with E-state index in [9.17, 15) is 4.79 Å². The van der Waals surface area contributed by atoms with Crippen molar-refractivity contribution in [3.05, 3.63) is 65.8 Å². The van der Waals surface area contributed by atoms with Crippen LogP contribution >= 0.6 is 24.0 Å². The van der Waals surface area contributed by atoms with Crippen LogP contribution in [0.3, 0.4) is 0 Å². The minimum atomic E-state index is -0.0934. The van der Waals surface area contributed by atoms with Crippen molar-refractivity contribution in [3.63, 3.8) is 0 Å². The van der Waals surface area contributed by atoms with E-state index in [0.29, 0.717) is 15.8 Å². The van der Waals surface area contributed by atoms with Gasteiger partial charge in [-0.15, -0.1) is 6.58 Å². The second-order valence-electron chi connectivity index (χ2n) is 4.60. The zero-order valence-corrected chi connectivity index (χ0v) is 13.3. The molecule has 22 heavy (non-hydrogen) atoms. The number of para-hydroxylation sites is 1. The maximum atomic E-state index is 12.3. The number of carbonyl (C=O) groups excluding carboxylic acids is 1. The van der Waals surface area contributed by atoms with Gasteiger partial charge < -0.3 is 0 Å². The quantitative estimate of drug-likeness (QED) is 0.491. The number of aromatic nitrogens is 2. The zero-order chi connectivity index (χ0) is 15.5. The zero-order valence-electron chi connectivity index (χ0n) is 11.7. The fourth-order valence-electron chi connectivity index (χ4n) is 2.06. The van der Waals surface area contributed by atoms with Crippen molar-refractivity contribution in [2.75, 3.05) is 6.54 Å². The Kier molecular flexibility index (Phi) is 4.22. The minimum Gasteiger partial charge on any atom is -0.289 e. The van der Waals surface area contributed by atoms with Crippen LogP contribution in [0.4, 0.5) is 0 Å². The molecule has 1 saturated heterocycles. The lowest BCUT2D eigenvalue weighted by Gasteiger charge is -2.10. The molecule has 6 heteroatoms. The van der Waals surface area contributed by atoms with Crippen molar-refractivity contribution in [2.45, 2.75) is 0 Å². The van der Waals surface area contributed by atoms with E-state index in [1.807, 2.05) is 42.6 Å². The van der Waals surface area contributed by atoms with Crippen molar-refractivity contribution in [2.24, 2.45) is 0 Å². The van der Waals surface area contributed by atoms with Gasteiger partial charge in [-0.3, -0.25) is 9.69 Å². The number of thioether (sulfide) groups is 1. The van der Waals surface area contributed by atoms with Gasteiger partial charge >= 0.3 is 0 Å². The van der Waals surface area contributed by atoms with Crippen LogP contribution in [0.1, 0.15) is 5.69 Å². The average molecular weight is 327 g/mol. The summed E-state index contributed by atoms with van der Waals surface area (Å²) in [4.78, 5) is 14.4. The highest BCUT2D eigenvalue weighted by atomic mass is 32.2. The van der Waals surface area contributed by atoms with Gasteiger partial charge in [-0.25, -0.2) is 4.68 Å². The number of rotatable bonds is 4. The lowest BCUT2D eigenvalue weighted by atomic mass is 10.3. The molecular formula is C16H13N3OS2. The summed E-state index contributed by atoms with van der Waals surface area (Å²) in [5.74, 6) is -0.0934. The van der Waals surface area contributed by atoms with E-state index < -0.39 is 0 Å². The predicted octanol–water partition coefficient (Wildman–Crippen LogP) is 3.26. The van der Waals surface area contributed by atoms with Crippen LogP contribution in [-0.4, -0.2) is 31.5 Å². The molecule has 0 saturated carbocycles. The van der Waals surface area contributed by atoms with Gasteiger partial charge in [0, 0.05) is 12.7 Å². The Morgan fingerprint density at radius 3 is 2.77 bits per heavy atom. The molecule has 0 spiro atoms. The van der Waals surface area contributed by atoms with Crippen molar-refractivity contribution in [1.29, 1.82) is 0 Å². The molecule has 2 heterocycles. The van der Waals surface area contributed by atoms with Crippen molar-refractivity contribution >= 4 is 40.3 Å². The normalized spacial score (nSPS) is 16.5. The number of amides is 1. The van der Waals surface area contributed by atoms with Crippen LogP contribution in [0.15, 0.2) is 60.2 Å². The first-order valence-corrected chi connectivity index (χ1v) is 7.89. The molecule has 0 atom stereocenters. The summed E-state index contributed by atoms with van der Waals surface area (Å²) in [6.07, 6.45) is 5.30. The molecule has 1 fully saturated rings. The maximum Gasteiger partial charge on any atom is 0.266 e. The van der Waals surface area contributed by atoms with Gasteiger partial charge in [-0.05, 0) is 24.3 Å². The summed E-state index contributed by atoms with van der Waals surface area (Å²) in [6, 6.07) is 11.7. The van der Waals surface area contributed by atoms with E-state index in [1.165, 1.54) is 16.7 Å². The Bertz CT molecular complexity index is 765. The highest BCUT2D eigenvalue weighted by molar-refractivity contribution is 8.26. The molecule has 0 radical (unpaired) electrons. The lowest BCUT2D eigenvalue weighted by molar-refractivity contribution is -0.121. The molecule has 0 unspecified atom stereocenters. The summed E-state index contributed by atoms with van der Waals surface area (Å²) in [7, 11) is 0. The smallest absolute Gasteiger partial charge is 0.266 e. The van der Waals surface area contributed by atoms with Crippen LogP contribution < -0.4 is 0 Å². The molecule has 1 aliphatic heterocycles. The van der Waals surface area contributed by atoms with Gasteiger partial charge in [0.25, 0.3) is 5.91 Å². The number of carbonyl (C=O) groups is 1. The van der Waals surface area contributed by atoms with Crippen LogP contribution in [0.25, 0.3) is 11.8 Å². The van der Waals surface area contributed by atoms with Gasteiger partial charge in [0.15, 0.2) is 0 Å². The Hall–Kier alpha value is -2.18. The summed E-state index contributed by atoms with van der Waals surface area (Å²) in [6.45, 7) is 4.07. The third-order valence-electron chi connectivity index (χ3n) is 3.09. The van der Waals surface area contributed by atoms with E-state index in [0.717, 1.165) is 11.4 Å². The van der Waals surface area contributed by atoms with Crippen molar-refractivity contribution in [3.8, 4) is 5.69 Å². The Labute approximate surface area is 138 Å². The number of hydrogen-bond acceptors (Lipinski definition) is 4. The van der Waals surface area contributed by atoms with E-state index in [4.69, 9.17) is 12.2 Å². The summed E-state index contributed by atoms with van der Waals surface area (Å²) in [5, 5.41) is 4.47. The fourth-order valence-corrected chi connectivity index (χ4v) is 3.32. The third kappa shape index (κ3) is 2.88. The highest BCUT2D eigenvalue weighted by Crippen LogP contribution is 2.32. The predicted molar refractivity (Wildman–Crippen MR) is 93.6 cm³/mol. The molecule has 1 aromatic heterocycles. The molecule has 0 aliphatic carbocycles. The largest absolute Gasteiger partial charge is 0.289 e. The monoisotopic (exact) mass is 327 g/mol. The first kappa shape index (κ1) is 14.7. The molecule has 3 rings (SSSR count). The SMILES string of the molecule is C=CCN1C(=O)/C(=C\c2ccn(-c3ccccc3)n2)SC1=S. The topological polar surface area (TPSA) is 38.1 Å². The van der Waals surface area contributed by atoms with Gasteiger partial charge in [0.2, 0.25) is 0 Å². The summed E-state index contributed by atoms with van der Waals surface area (Å²) >= 11 is 6.51. The van der Waals surface area contributed by atoms with Crippen molar-refractivity contribution < 1.29 is 4.79 Å². The second kappa shape index (κ2) is 6.29. The number of benzene rings is 1. The first-order valence-electron chi connectivity index (χ1n) is 6.66. The van der Waals surface area contributed by atoms with Gasteiger partial charge in [0.1, 0.15) is 4.32 Å². The van der Waals surface area contributed by atoms with E-state index in [2.05, 4.69) is 11.7 Å². The molecule has 1 aliphatic rings. The fraction of sp³-hybridized carbons (Fsp3) is 0.0625. The molecule has 1 amide bonds. The molecule has 2 aromatic rings. The van der Waals surface area contributed by atoms with Crippen molar-refractivity contribution in [1.82, 2.24) is 14.7 Å². The molecular weight excluding hydrogens is 314 g/mol. The molecule has 0 bridgehead atoms. The van der Waals surface area contributed by atoms with Crippen LogP contribution in [-0.2, 0) is 4.79 Å². The van der Waals surface area contributed by atoms with Crippen LogP contribution in [0, 0.1) is 0 Å². The minimum absolute atomic E-state index is 0.0934. The Morgan fingerprint density at radius 2 is 2.05 bits per heavy atom. The van der Waals surface area contributed by atoms with E-state index in [1.54, 1.807) is 16.8 Å². The highest BCUT2D eigenvalue weighted by Gasteiger charge is 2.31. The van der Waals surface area contributed by atoms with E-state index >= 15 is 0 Å². The molecule has 4 nitrogen and oxygen atoms in total. The van der Waals surface area contributed by atoms with Gasteiger partial charge in [0.05, 0.1) is 16.3 Å². The molecule has 0 N–H and O–H groups in total. The third-order valence-corrected chi connectivity index (χ3v) is 4.47. The summed E-state index contributed by atoms with van der Waals surface area (Å²) < 4.78 is 2.33. The summed E-state index contributed by atoms with van der Waals surface area (Å²) in [5.41, 5.74) is 1.70. The van der Waals surface area contributed by atoms with E-state index in [-0.39, 0.29) is 5.91 Å². The number of nitrogens with zero attached hydrogens (tertiary/aromatic N) is 3. The van der Waals surface area contributed by atoms with Crippen LogP contribution in [0.5, 0.6) is 0 Å². The van der Waals surface area contributed by atoms with Gasteiger partial charge in [-0.1, -0.05) is 48.3 Å². The maximum absolute atomic E-state index is 12.3. The molecule has 1 aromatic carbocycles. The number of thiocarbonyl (C=S) groups is 1. The van der Waals surface area contributed by atoms with Crippen LogP contribution in [0.2, 0.25) is 0 Å². The standard InChI is InChI=1S/C16H13N3OS2/c1-2-9-18-15(20)14(22-16(18)21)11-12-8-10-19(17-12)13-6-4-3-5-7-13/h2-8,10-11H,1,9H2/b14-11+. The molecule has 110 valence electrons. The number of hydrogen-bond donors (Lipinski definition) is 0. The second-order valence-corrected chi connectivity index (χ2v) is 6.28. The Balaban J connectivity index is 1.85. The van der Waals surface area contributed by atoms with Gasteiger partial charge in [-0.2, -0.15) is 5.10 Å². The Morgan fingerprint density at radius 1 is 1.27 bits per heavy atom. The lowest BCUT2D eigenvalue weighted by Crippen LogP contribution is -2.27. The average Bonchev–Trinajstić information content (AvgIpc) is 3.09. The first-order chi connectivity index (χ1) is 10.7.